The number of pyridine rings is 1. The van der Waals surface area contributed by atoms with Crippen molar-refractivity contribution in [2.45, 2.75) is 6.42 Å². The fourth-order valence-electron chi connectivity index (χ4n) is 4.17. The topological polar surface area (TPSA) is 62.2 Å². The van der Waals surface area contributed by atoms with Crippen LogP contribution in [0.1, 0.15) is 21.5 Å². The van der Waals surface area contributed by atoms with E-state index in [0.717, 1.165) is 39.7 Å². The molecule has 5 rings (SSSR count). The van der Waals surface area contributed by atoms with Crippen LogP contribution in [-0.4, -0.2) is 16.1 Å². The molecule has 166 valence electrons. The van der Waals surface area contributed by atoms with E-state index in [4.69, 9.17) is 11.6 Å². The SMILES string of the molecule is O=C(O)c1cccc(Nc2cccc(-c3c(Cc4ccccc4)cnc4c(Cl)cccc34)c2)c1. The van der Waals surface area contributed by atoms with E-state index in [1.807, 2.05) is 54.7 Å². The molecule has 0 unspecified atom stereocenters. The Morgan fingerprint density at radius 2 is 1.59 bits per heavy atom. The summed E-state index contributed by atoms with van der Waals surface area (Å²) in [5.41, 5.74) is 6.99. The van der Waals surface area contributed by atoms with Crippen molar-refractivity contribution in [2.75, 3.05) is 5.32 Å². The van der Waals surface area contributed by atoms with Crippen LogP contribution in [-0.2, 0) is 6.42 Å². The van der Waals surface area contributed by atoms with E-state index in [9.17, 15) is 9.90 Å². The van der Waals surface area contributed by atoms with Gasteiger partial charge in [-0.3, -0.25) is 4.98 Å². The van der Waals surface area contributed by atoms with Gasteiger partial charge < -0.3 is 10.4 Å². The lowest BCUT2D eigenvalue weighted by atomic mass is 9.92. The Morgan fingerprint density at radius 3 is 2.38 bits per heavy atom. The van der Waals surface area contributed by atoms with E-state index in [1.54, 1.807) is 18.2 Å². The quantitative estimate of drug-likeness (QED) is 0.272. The fraction of sp³-hybridized carbons (Fsp3) is 0.0345. The second-order valence-corrected chi connectivity index (χ2v) is 8.46. The fourth-order valence-corrected chi connectivity index (χ4v) is 4.39. The molecule has 0 saturated heterocycles. The molecule has 0 radical (unpaired) electrons. The van der Waals surface area contributed by atoms with E-state index in [-0.39, 0.29) is 5.56 Å². The highest BCUT2D eigenvalue weighted by Crippen LogP contribution is 2.36. The molecule has 4 nitrogen and oxygen atoms in total. The van der Waals surface area contributed by atoms with Crippen molar-refractivity contribution >= 4 is 39.8 Å². The summed E-state index contributed by atoms with van der Waals surface area (Å²) in [7, 11) is 0. The highest BCUT2D eigenvalue weighted by molar-refractivity contribution is 6.35. The molecule has 0 saturated carbocycles. The highest BCUT2D eigenvalue weighted by Gasteiger charge is 2.14. The molecule has 34 heavy (non-hydrogen) atoms. The lowest BCUT2D eigenvalue weighted by Gasteiger charge is -2.15. The molecule has 0 aliphatic carbocycles. The van der Waals surface area contributed by atoms with Gasteiger partial charge in [0, 0.05) is 23.0 Å². The molecular formula is C29H21ClN2O2. The van der Waals surface area contributed by atoms with Crippen molar-refractivity contribution in [1.82, 2.24) is 4.98 Å². The maximum Gasteiger partial charge on any atom is 0.335 e. The Kier molecular flexibility index (Phi) is 5.98. The van der Waals surface area contributed by atoms with Crippen LogP contribution in [0.3, 0.4) is 0 Å². The minimum absolute atomic E-state index is 0.237. The number of anilines is 2. The number of hydrogen-bond donors (Lipinski definition) is 2. The predicted octanol–water partition coefficient (Wildman–Crippen LogP) is 7.59. The normalized spacial score (nSPS) is 10.9. The van der Waals surface area contributed by atoms with Gasteiger partial charge in [-0.1, -0.05) is 72.3 Å². The summed E-state index contributed by atoms with van der Waals surface area (Å²) < 4.78 is 0. The van der Waals surface area contributed by atoms with Crippen molar-refractivity contribution in [2.24, 2.45) is 0 Å². The number of para-hydroxylation sites is 1. The summed E-state index contributed by atoms with van der Waals surface area (Å²) >= 11 is 6.49. The lowest BCUT2D eigenvalue weighted by Crippen LogP contribution is -1.99. The van der Waals surface area contributed by atoms with Gasteiger partial charge in [0.1, 0.15) is 0 Å². The van der Waals surface area contributed by atoms with Crippen LogP contribution in [0.15, 0.2) is 103 Å². The first-order valence-electron chi connectivity index (χ1n) is 10.9. The van der Waals surface area contributed by atoms with Crippen molar-refractivity contribution < 1.29 is 9.90 Å². The van der Waals surface area contributed by atoms with Crippen LogP contribution in [0, 0.1) is 0 Å². The zero-order chi connectivity index (χ0) is 23.5. The van der Waals surface area contributed by atoms with Crippen molar-refractivity contribution in [3.8, 4) is 11.1 Å². The first kappa shape index (κ1) is 21.7. The van der Waals surface area contributed by atoms with Gasteiger partial charge >= 0.3 is 5.97 Å². The van der Waals surface area contributed by atoms with Crippen LogP contribution in [0.2, 0.25) is 5.02 Å². The van der Waals surface area contributed by atoms with Crippen molar-refractivity contribution in [3.63, 3.8) is 0 Å². The molecule has 0 amide bonds. The predicted molar refractivity (Wildman–Crippen MR) is 138 cm³/mol. The number of carbonyl (C=O) groups is 1. The number of aromatic nitrogens is 1. The van der Waals surface area contributed by atoms with Crippen LogP contribution in [0.4, 0.5) is 11.4 Å². The molecular weight excluding hydrogens is 444 g/mol. The number of rotatable bonds is 6. The van der Waals surface area contributed by atoms with Crippen molar-refractivity contribution in [1.29, 1.82) is 0 Å². The number of carboxylic acids is 1. The first-order valence-corrected chi connectivity index (χ1v) is 11.3. The van der Waals surface area contributed by atoms with Gasteiger partial charge in [0.15, 0.2) is 0 Å². The van der Waals surface area contributed by atoms with E-state index >= 15 is 0 Å². The minimum atomic E-state index is -0.955. The van der Waals surface area contributed by atoms with Crippen LogP contribution >= 0.6 is 11.6 Å². The van der Waals surface area contributed by atoms with Gasteiger partial charge in [0.05, 0.1) is 16.1 Å². The second kappa shape index (κ2) is 9.38. The smallest absolute Gasteiger partial charge is 0.335 e. The number of benzene rings is 4. The molecule has 0 atom stereocenters. The zero-order valence-corrected chi connectivity index (χ0v) is 19.0. The third kappa shape index (κ3) is 4.49. The molecule has 0 fully saturated rings. The van der Waals surface area contributed by atoms with E-state index in [0.29, 0.717) is 10.7 Å². The molecule has 0 bridgehead atoms. The van der Waals surface area contributed by atoms with Gasteiger partial charge in [-0.25, -0.2) is 4.79 Å². The van der Waals surface area contributed by atoms with Gasteiger partial charge in [0.2, 0.25) is 0 Å². The number of fused-ring (bicyclic) bond motifs is 1. The molecule has 2 N–H and O–H groups in total. The first-order chi connectivity index (χ1) is 16.6. The van der Waals surface area contributed by atoms with Gasteiger partial charge in [0.25, 0.3) is 0 Å². The largest absolute Gasteiger partial charge is 0.478 e. The van der Waals surface area contributed by atoms with Gasteiger partial charge in [-0.2, -0.15) is 0 Å². The molecule has 5 heteroatoms. The van der Waals surface area contributed by atoms with Crippen LogP contribution in [0.25, 0.3) is 22.0 Å². The third-order valence-corrected chi connectivity index (χ3v) is 6.02. The summed E-state index contributed by atoms with van der Waals surface area (Å²) in [5, 5.41) is 14.2. The molecule has 0 aliphatic heterocycles. The maximum atomic E-state index is 11.3. The third-order valence-electron chi connectivity index (χ3n) is 5.71. The number of carboxylic acid groups (broad SMARTS) is 1. The number of nitrogens with one attached hydrogen (secondary N) is 1. The van der Waals surface area contributed by atoms with Gasteiger partial charge in [-0.15, -0.1) is 0 Å². The molecule has 0 aliphatic rings. The van der Waals surface area contributed by atoms with Crippen molar-refractivity contribution in [3.05, 3.63) is 125 Å². The molecule has 0 spiro atoms. The number of nitrogens with zero attached hydrogens (tertiary/aromatic N) is 1. The molecule has 5 aromatic rings. The summed E-state index contributed by atoms with van der Waals surface area (Å²) in [6, 6.07) is 31.0. The summed E-state index contributed by atoms with van der Waals surface area (Å²) in [6.45, 7) is 0. The average molecular weight is 465 g/mol. The van der Waals surface area contributed by atoms with E-state index in [1.165, 1.54) is 5.56 Å². The standard InChI is InChI=1S/C29H21ClN2O2/c30-26-14-6-13-25-27(22(18-31-28(25)26)15-19-7-2-1-3-8-19)20-9-4-11-23(16-20)32-24-12-5-10-21(17-24)29(33)34/h1-14,16-18,32H,15H2,(H,33,34). The highest BCUT2D eigenvalue weighted by atomic mass is 35.5. The van der Waals surface area contributed by atoms with Crippen LogP contribution < -0.4 is 5.32 Å². The number of hydrogen-bond acceptors (Lipinski definition) is 3. The Bertz CT molecular complexity index is 1500. The molecule has 1 heterocycles. The van der Waals surface area contributed by atoms with E-state index < -0.39 is 5.97 Å². The number of halogens is 1. The number of aromatic carboxylic acids is 1. The van der Waals surface area contributed by atoms with Crippen LogP contribution in [0.5, 0.6) is 0 Å². The second-order valence-electron chi connectivity index (χ2n) is 8.05. The maximum absolute atomic E-state index is 11.3. The Labute approximate surface area is 202 Å². The van der Waals surface area contributed by atoms with E-state index in [2.05, 4.69) is 40.6 Å². The molecule has 1 aromatic heterocycles. The Hall–Kier alpha value is -4.15. The van der Waals surface area contributed by atoms with Gasteiger partial charge in [-0.05, 0) is 65.1 Å². The Morgan fingerprint density at radius 1 is 0.853 bits per heavy atom. The minimum Gasteiger partial charge on any atom is -0.478 e. The Balaban J connectivity index is 1.60. The summed E-state index contributed by atoms with van der Waals surface area (Å²) in [5.74, 6) is -0.955. The monoisotopic (exact) mass is 464 g/mol. The summed E-state index contributed by atoms with van der Waals surface area (Å²) in [4.78, 5) is 16.0. The lowest BCUT2D eigenvalue weighted by molar-refractivity contribution is 0.0697. The summed E-state index contributed by atoms with van der Waals surface area (Å²) in [6.07, 6.45) is 2.65. The molecule has 4 aromatic carbocycles. The average Bonchev–Trinajstić information content (AvgIpc) is 2.85. The zero-order valence-electron chi connectivity index (χ0n) is 18.2.